The van der Waals surface area contributed by atoms with Gasteiger partial charge in [-0.25, -0.2) is 9.97 Å². The summed E-state index contributed by atoms with van der Waals surface area (Å²) in [5, 5.41) is 2.90. The van der Waals surface area contributed by atoms with Gasteiger partial charge in [0.05, 0.1) is 35.2 Å². The Morgan fingerprint density at radius 1 is 0.958 bits per heavy atom. The zero-order chi connectivity index (χ0) is 17.3. The van der Waals surface area contributed by atoms with Crippen molar-refractivity contribution < 1.29 is 9.53 Å². The molecular formula is C19H19N3O2. The van der Waals surface area contributed by atoms with Crippen molar-refractivity contribution in [2.75, 3.05) is 12.4 Å². The smallest absolute Gasteiger partial charge is 0.255 e. The van der Waals surface area contributed by atoms with Gasteiger partial charge < -0.3 is 10.1 Å². The van der Waals surface area contributed by atoms with Crippen molar-refractivity contribution in [3.05, 3.63) is 58.9 Å². The van der Waals surface area contributed by atoms with E-state index in [9.17, 15) is 4.79 Å². The Labute approximate surface area is 140 Å². The lowest BCUT2D eigenvalue weighted by Gasteiger charge is -2.11. The van der Waals surface area contributed by atoms with E-state index in [1.165, 1.54) is 0 Å². The highest BCUT2D eigenvalue weighted by atomic mass is 16.5. The second kappa shape index (κ2) is 6.28. The van der Waals surface area contributed by atoms with E-state index in [2.05, 4.69) is 15.3 Å². The van der Waals surface area contributed by atoms with Gasteiger partial charge in [-0.3, -0.25) is 4.79 Å². The number of ether oxygens (including phenoxy) is 1. The van der Waals surface area contributed by atoms with E-state index in [-0.39, 0.29) is 5.91 Å². The van der Waals surface area contributed by atoms with Crippen molar-refractivity contribution in [1.82, 2.24) is 9.97 Å². The number of rotatable bonds is 3. The van der Waals surface area contributed by atoms with Crippen molar-refractivity contribution in [3.8, 4) is 5.75 Å². The fourth-order valence-corrected chi connectivity index (χ4v) is 2.49. The van der Waals surface area contributed by atoms with Crippen molar-refractivity contribution in [2.45, 2.75) is 20.8 Å². The van der Waals surface area contributed by atoms with Gasteiger partial charge in [0.2, 0.25) is 0 Å². The van der Waals surface area contributed by atoms with Gasteiger partial charge in [0, 0.05) is 5.56 Å². The molecule has 5 nitrogen and oxygen atoms in total. The van der Waals surface area contributed by atoms with E-state index in [4.69, 9.17) is 4.74 Å². The number of aromatic nitrogens is 2. The molecule has 0 spiro atoms. The molecule has 5 heteroatoms. The number of amides is 1. The monoisotopic (exact) mass is 321 g/mol. The Kier molecular flexibility index (Phi) is 4.16. The normalized spacial score (nSPS) is 10.7. The fourth-order valence-electron chi connectivity index (χ4n) is 2.49. The third-order valence-corrected chi connectivity index (χ3v) is 3.94. The number of carbonyl (C=O) groups is 1. The highest BCUT2D eigenvalue weighted by molar-refractivity contribution is 6.06. The number of hydrogen-bond acceptors (Lipinski definition) is 4. The lowest BCUT2D eigenvalue weighted by atomic mass is 10.1. The quantitative estimate of drug-likeness (QED) is 0.796. The molecule has 3 aromatic rings. The van der Waals surface area contributed by atoms with Crippen LogP contribution in [0.1, 0.15) is 27.3 Å². The molecule has 1 heterocycles. The van der Waals surface area contributed by atoms with Crippen LogP contribution in [0, 0.1) is 20.8 Å². The second-order valence-electron chi connectivity index (χ2n) is 5.76. The highest BCUT2D eigenvalue weighted by Crippen LogP contribution is 2.26. The van der Waals surface area contributed by atoms with Crippen LogP contribution in [-0.2, 0) is 0 Å². The summed E-state index contributed by atoms with van der Waals surface area (Å²) >= 11 is 0. The average Bonchev–Trinajstić information content (AvgIpc) is 2.55. The molecule has 0 fully saturated rings. The third-order valence-electron chi connectivity index (χ3n) is 3.94. The molecular weight excluding hydrogens is 302 g/mol. The van der Waals surface area contributed by atoms with E-state index in [0.717, 1.165) is 22.5 Å². The zero-order valence-electron chi connectivity index (χ0n) is 14.2. The van der Waals surface area contributed by atoms with Crippen LogP contribution in [0.25, 0.3) is 11.0 Å². The highest BCUT2D eigenvalue weighted by Gasteiger charge is 2.12. The maximum absolute atomic E-state index is 12.6. The summed E-state index contributed by atoms with van der Waals surface area (Å²) in [6.07, 6.45) is 0. The number of nitrogens with one attached hydrogen (secondary N) is 1. The first kappa shape index (κ1) is 15.9. The van der Waals surface area contributed by atoms with Crippen LogP contribution in [0.15, 0.2) is 36.4 Å². The van der Waals surface area contributed by atoms with Gasteiger partial charge in [-0.05, 0) is 56.7 Å². The van der Waals surface area contributed by atoms with Gasteiger partial charge in [-0.15, -0.1) is 0 Å². The lowest BCUT2D eigenvalue weighted by Crippen LogP contribution is -2.13. The molecule has 0 radical (unpaired) electrons. The number of anilines is 1. The first-order valence-corrected chi connectivity index (χ1v) is 7.69. The van der Waals surface area contributed by atoms with Gasteiger partial charge in [-0.1, -0.05) is 6.07 Å². The Hall–Kier alpha value is -2.95. The SMILES string of the molecule is COc1ccc(C)cc1NC(=O)c1ccc2nc(C)c(C)nc2c1. The van der Waals surface area contributed by atoms with Crippen molar-refractivity contribution in [1.29, 1.82) is 0 Å². The molecule has 0 saturated carbocycles. The fraction of sp³-hybridized carbons (Fsp3) is 0.211. The summed E-state index contributed by atoms with van der Waals surface area (Å²) in [5.41, 5.74) is 5.47. The number of methoxy groups -OCH3 is 1. The Balaban J connectivity index is 1.94. The average molecular weight is 321 g/mol. The maximum Gasteiger partial charge on any atom is 0.255 e. The van der Waals surface area contributed by atoms with Crippen LogP contribution in [-0.4, -0.2) is 23.0 Å². The second-order valence-corrected chi connectivity index (χ2v) is 5.76. The molecule has 0 unspecified atom stereocenters. The number of fused-ring (bicyclic) bond motifs is 1. The molecule has 3 rings (SSSR count). The van der Waals surface area contributed by atoms with Crippen LogP contribution >= 0.6 is 0 Å². The van der Waals surface area contributed by atoms with E-state index in [0.29, 0.717) is 22.5 Å². The topological polar surface area (TPSA) is 64.1 Å². The van der Waals surface area contributed by atoms with Gasteiger partial charge in [0.15, 0.2) is 0 Å². The van der Waals surface area contributed by atoms with E-state index >= 15 is 0 Å². The molecule has 0 saturated heterocycles. The number of carbonyl (C=O) groups excluding carboxylic acids is 1. The molecule has 122 valence electrons. The lowest BCUT2D eigenvalue weighted by molar-refractivity contribution is 0.102. The van der Waals surface area contributed by atoms with Crippen LogP contribution in [0.2, 0.25) is 0 Å². The van der Waals surface area contributed by atoms with Gasteiger partial charge in [-0.2, -0.15) is 0 Å². The van der Waals surface area contributed by atoms with Gasteiger partial charge >= 0.3 is 0 Å². The number of aryl methyl sites for hydroxylation is 3. The van der Waals surface area contributed by atoms with E-state index in [1.54, 1.807) is 19.2 Å². The standard InChI is InChI=1S/C19H19N3O2/c1-11-5-8-18(24-4)17(9-11)22-19(23)14-6-7-15-16(10-14)21-13(3)12(2)20-15/h5-10H,1-4H3,(H,22,23). The van der Waals surface area contributed by atoms with Crippen molar-refractivity contribution >= 4 is 22.6 Å². The Morgan fingerprint density at radius 2 is 1.67 bits per heavy atom. The predicted octanol–water partition coefficient (Wildman–Crippen LogP) is 3.82. The molecule has 2 aromatic carbocycles. The summed E-state index contributed by atoms with van der Waals surface area (Å²) in [5.74, 6) is 0.418. The van der Waals surface area contributed by atoms with Crippen LogP contribution < -0.4 is 10.1 Å². The zero-order valence-corrected chi connectivity index (χ0v) is 14.2. The van der Waals surface area contributed by atoms with E-state index in [1.807, 2.05) is 45.0 Å². The minimum absolute atomic E-state index is 0.208. The summed E-state index contributed by atoms with van der Waals surface area (Å²) in [4.78, 5) is 21.6. The number of benzene rings is 2. The molecule has 1 aromatic heterocycles. The van der Waals surface area contributed by atoms with Gasteiger partial charge in [0.25, 0.3) is 5.91 Å². The Morgan fingerprint density at radius 3 is 2.38 bits per heavy atom. The minimum Gasteiger partial charge on any atom is -0.495 e. The number of nitrogens with zero attached hydrogens (tertiary/aromatic N) is 2. The third kappa shape index (κ3) is 3.06. The minimum atomic E-state index is -0.208. The Bertz CT molecular complexity index is 935. The summed E-state index contributed by atoms with van der Waals surface area (Å²) < 4.78 is 5.30. The van der Waals surface area contributed by atoms with Crippen LogP contribution in [0.3, 0.4) is 0 Å². The maximum atomic E-state index is 12.6. The summed E-state index contributed by atoms with van der Waals surface area (Å²) in [7, 11) is 1.58. The summed E-state index contributed by atoms with van der Waals surface area (Å²) in [6, 6.07) is 11.0. The first-order valence-electron chi connectivity index (χ1n) is 7.69. The molecule has 1 N–H and O–H groups in total. The van der Waals surface area contributed by atoms with Gasteiger partial charge in [0.1, 0.15) is 5.75 Å². The first-order chi connectivity index (χ1) is 11.5. The molecule has 0 atom stereocenters. The molecule has 0 aliphatic rings. The molecule has 24 heavy (non-hydrogen) atoms. The molecule has 0 aliphatic heterocycles. The van der Waals surface area contributed by atoms with Crippen LogP contribution in [0.5, 0.6) is 5.75 Å². The van der Waals surface area contributed by atoms with Crippen molar-refractivity contribution in [2.24, 2.45) is 0 Å². The molecule has 0 aliphatic carbocycles. The molecule has 1 amide bonds. The van der Waals surface area contributed by atoms with Crippen molar-refractivity contribution in [3.63, 3.8) is 0 Å². The van der Waals surface area contributed by atoms with E-state index < -0.39 is 0 Å². The summed E-state index contributed by atoms with van der Waals surface area (Å²) in [6.45, 7) is 5.80. The largest absolute Gasteiger partial charge is 0.495 e. The van der Waals surface area contributed by atoms with Crippen LogP contribution in [0.4, 0.5) is 5.69 Å². The predicted molar refractivity (Wildman–Crippen MR) is 94.7 cm³/mol. The molecule has 0 bridgehead atoms. The number of hydrogen-bond donors (Lipinski definition) is 1.